The largest absolute Gasteiger partial charge is 0.497 e. The van der Waals surface area contributed by atoms with Gasteiger partial charge < -0.3 is 10.1 Å². The Bertz CT molecular complexity index is 387. The third-order valence-electron chi connectivity index (χ3n) is 3.01. The first kappa shape index (κ1) is 12.2. The van der Waals surface area contributed by atoms with Gasteiger partial charge in [0.1, 0.15) is 11.6 Å². The molecule has 1 aromatic carbocycles. The number of nitrogens with one attached hydrogen (secondary N) is 1. The minimum Gasteiger partial charge on any atom is -0.497 e. The van der Waals surface area contributed by atoms with Gasteiger partial charge in [0.2, 0.25) is 5.91 Å². The zero-order valence-electron chi connectivity index (χ0n) is 9.78. The molecular formula is C13H16ClNO2. The summed E-state index contributed by atoms with van der Waals surface area (Å²) in [6.07, 6.45) is 2.33. The molecule has 0 bridgehead atoms. The van der Waals surface area contributed by atoms with E-state index in [1.807, 2.05) is 24.3 Å². The maximum absolute atomic E-state index is 11.4. The molecule has 3 nitrogen and oxygen atoms in total. The Morgan fingerprint density at radius 1 is 1.47 bits per heavy atom. The first-order chi connectivity index (χ1) is 8.24. The van der Waals surface area contributed by atoms with E-state index in [0.29, 0.717) is 5.92 Å². The van der Waals surface area contributed by atoms with Crippen molar-refractivity contribution in [3.05, 3.63) is 29.8 Å². The van der Waals surface area contributed by atoms with Crippen molar-refractivity contribution in [3.63, 3.8) is 0 Å². The van der Waals surface area contributed by atoms with Crippen molar-refractivity contribution in [2.45, 2.75) is 18.9 Å². The van der Waals surface area contributed by atoms with E-state index in [0.717, 1.165) is 11.3 Å². The topological polar surface area (TPSA) is 38.3 Å². The Morgan fingerprint density at radius 3 is 2.59 bits per heavy atom. The molecule has 0 aromatic heterocycles. The van der Waals surface area contributed by atoms with E-state index in [4.69, 9.17) is 16.3 Å². The molecule has 17 heavy (non-hydrogen) atoms. The van der Waals surface area contributed by atoms with Gasteiger partial charge in [0.05, 0.1) is 13.2 Å². The fourth-order valence-electron chi connectivity index (χ4n) is 1.93. The zero-order valence-corrected chi connectivity index (χ0v) is 10.5. The second-order valence-corrected chi connectivity index (χ2v) is 4.56. The molecule has 1 saturated carbocycles. The summed E-state index contributed by atoms with van der Waals surface area (Å²) in [5.74, 6) is 1.28. The Morgan fingerprint density at radius 2 is 2.12 bits per heavy atom. The van der Waals surface area contributed by atoms with Crippen molar-refractivity contribution >= 4 is 17.5 Å². The lowest BCUT2D eigenvalue weighted by atomic mass is 10.0. The number of rotatable bonds is 5. The summed E-state index contributed by atoms with van der Waals surface area (Å²) in [6.45, 7) is 0. The minimum absolute atomic E-state index is 0.0133. The molecule has 2 rings (SSSR count). The van der Waals surface area contributed by atoms with Crippen molar-refractivity contribution in [3.8, 4) is 5.75 Å². The average molecular weight is 254 g/mol. The van der Waals surface area contributed by atoms with Crippen LogP contribution in [0, 0.1) is 5.92 Å². The van der Waals surface area contributed by atoms with Crippen molar-refractivity contribution < 1.29 is 9.53 Å². The van der Waals surface area contributed by atoms with Gasteiger partial charge in [0.15, 0.2) is 0 Å². The van der Waals surface area contributed by atoms with Crippen LogP contribution in [0.1, 0.15) is 24.4 Å². The van der Waals surface area contributed by atoms with Crippen LogP contribution in [0.3, 0.4) is 0 Å². The van der Waals surface area contributed by atoms with Gasteiger partial charge in [-0.2, -0.15) is 0 Å². The lowest BCUT2D eigenvalue weighted by molar-refractivity contribution is -0.119. The molecule has 1 amide bonds. The highest BCUT2D eigenvalue weighted by atomic mass is 35.5. The normalized spacial score (nSPS) is 16.4. The van der Waals surface area contributed by atoms with E-state index in [9.17, 15) is 4.79 Å². The highest BCUT2D eigenvalue weighted by Crippen LogP contribution is 2.41. The molecule has 0 radical (unpaired) electrons. The fraction of sp³-hybridized carbons (Fsp3) is 0.462. The van der Waals surface area contributed by atoms with E-state index in [2.05, 4.69) is 5.32 Å². The Hall–Kier alpha value is -1.22. The van der Waals surface area contributed by atoms with Gasteiger partial charge in [-0.3, -0.25) is 4.79 Å². The standard InChI is InChI=1S/C13H16ClNO2/c1-17-11-6-4-10(5-7-11)13(9-2-3-9)15-12(16)8-14/h4-7,9,13H,2-3,8H2,1H3,(H,15,16)/t13-/m0/s1. The van der Waals surface area contributed by atoms with E-state index >= 15 is 0 Å². The number of hydrogen-bond donors (Lipinski definition) is 1. The molecule has 1 aromatic rings. The van der Waals surface area contributed by atoms with Crippen LogP contribution in [0.4, 0.5) is 0 Å². The quantitative estimate of drug-likeness (QED) is 0.819. The monoisotopic (exact) mass is 253 g/mol. The van der Waals surface area contributed by atoms with Crippen LogP contribution in [0.2, 0.25) is 0 Å². The molecule has 1 atom stereocenters. The van der Waals surface area contributed by atoms with Gasteiger partial charge in [-0.15, -0.1) is 11.6 Å². The summed E-state index contributed by atoms with van der Waals surface area (Å²) in [7, 11) is 1.64. The van der Waals surface area contributed by atoms with Crippen LogP contribution in [0.5, 0.6) is 5.75 Å². The van der Waals surface area contributed by atoms with Gasteiger partial charge in [-0.1, -0.05) is 12.1 Å². The molecule has 1 aliphatic carbocycles. The molecule has 0 spiro atoms. The SMILES string of the molecule is COc1ccc([C@@H](NC(=O)CCl)C2CC2)cc1. The molecule has 0 heterocycles. The molecular weight excluding hydrogens is 238 g/mol. The molecule has 92 valence electrons. The third-order valence-corrected chi connectivity index (χ3v) is 3.25. The van der Waals surface area contributed by atoms with Gasteiger partial charge in [0, 0.05) is 0 Å². The highest BCUT2D eigenvalue weighted by molar-refractivity contribution is 6.27. The van der Waals surface area contributed by atoms with Crippen LogP contribution in [0.25, 0.3) is 0 Å². The number of ether oxygens (including phenoxy) is 1. The number of hydrogen-bond acceptors (Lipinski definition) is 2. The van der Waals surface area contributed by atoms with Crippen molar-refractivity contribution in [1.29, 1.82) is 0 Å². The molecule has 1 fully saturated rings. The number of methoxy groups -OCH3 is 1. The molecule has 1 aliphatic rings. The van der Waals surface area contributed by atoms with E-state index < -0.39 is 0 Å². The number of halogens is 1. The van der Waals surface area contributed by atoms with Crippen LogP contribution in [-0.4, -0.2) is 18.9 Å². The number of carbonyl (C=O) groups excluding carboxylic acids is 1. The summed E-state index contributed by atoms with van der Waals surface area (Å²) < 4.78 is 5.12. The summed E-state index contributed by atoms with van der Waals surface area (Å²) in [5, 5.41) is 2.97. The number of benzene rings is 1. The molecule has 1 N–H and O–H groups in total. The van der Waals surface area contributed by atoms with Gasteiger partial charge in [-0.05, 0) is 36.5 Å². The van der Waals surface area contributed by atoms with E-state index in [-0.39, 0.29) is 17.8 Å². The maximum Gasteiger partial charge on any atom is 0.235 e. The van der Waals surface area contributed by atoms with Crippen molar-refractivity contribution in [2.75, 3.05) is 13.0 Å². The number of carbonyl (C=O) groups is 1. The Balaban J connectivity index is 2.11. The summed E-state index contributed by atoms with van der Waals surface area (Å²) in [5.41, 5.74) is 1.12. The van der Waals surface area contributed by atoms with Gasteiger partial charge in [0.25, 0.3) is 0 Å². The molecule has 0 aliphatic heterocycles. The number of amides is 1. The first-order valence-electron chi connectivity index (χ1n) is 5.74. The number of alkyl halides is 1. The van der Waals surface area contributed by atoms with Crippen LogP contribution < -0.4 is 10.1 Å². The maximum atomic E-state index is 11.4. The summed E-state index contributed by atoms with van der Waals surface area (Å²) in [4.78, 5) is 11.4. The zero-order chi connectivity index (χ0) is 12.3. The predicted molar refractivity (Wildman–Crippen MR) is 67.3 cm³/mol. The van der Waals surface area contributed by atoms with Gasteiger partial charge >= 0.3 is 0 Å². The summed E-state index contributed by atoms with van der Waals surface area (Å²) >= 11 is 5.52. The molecule has 0 unspecified atom stereocenters. The molecule has 4 heteroatoms. The average Bonchev–Trinajstić information content (AvgIpc) is 3.20. The van der Waals surface area contributed by atoms with Crippen molar-refractivity contribution in [2.24, 2.45) is 5.92 Å². The minimum atomic E-state index is -0.112. The molecule has 0 saturated heterocycles. The fourth-order valence-corrected chi connectivity index (χ4v) is 2.00. The van der Waals surface area contributed by atoms with Crippen molar-refractivity contribution in [1.82, 2.24) is 5.32 Å². The Kier molecular flexibility index (Phi) is 3.89. The lowest BCUT2D eigenvalue weighted by Crippen LogP contribution is -2.30. The second kappa shape index (κ2) is 5.41. The second-order valence-electron chi connectivity index (χ2n) is 4.29. The van der Waals surface area contributed by atoms with E-state index in [1.54, 1.807) is 7.11 Å². The lowest BCUT2D eigenvalue weighted by Gasteiger charge is -2.18. The first-order valence-corrected chi connectivity index (χ1v) is 6.27. The smallest absolute Gasteiger partial charge is 0.235 e. The summed E-state index contributed by atoms with van der Waals surface area (Å²) in [6, 6.07) is 7.91. The van der Waals surface area contributed by atoms with Gasteiger partial charge in [-0.25, -0.2) is 0 Å². The van der Waals surface area contributed by atoms with Crippen LogP contribution in [0.15, 0.2) is 24.3 Å². The van der Waals surface area contributed by atoms with Crippen LogP contribution in [-0.2, 0) is 4.79 Å². The third kappa shape index (κ3) is 3.13. The Labute approximate surface area is 106 Å². The van der Waals surface area contributed by atoms with E-state index in [1.165, 1.54) is 12.8 Å². The predicted octanol–water partition coefficient (Wildman–Crippen LogP) is 2.50. The van der Waals surface area contributed by atoms with Crippen LogP contribution >= 0.6 is 11.6 Å². The highest BCUT2D eigenvalue weighted by Gasteiger charge is 2.33.